The van der Waals surface area contributed by atoms with Crippen molar-refractivity contribution in [2.24, 2.45) is 0 Å². The second kappa shape index (κ2) is 7.61. The number of aromatic nitrogens is 3. The molecule has 5 rings (SSSR count). The maximum Gasteiger partial charge on any atom is 0.335 e. The fourth-order valence-corrected chi connectivity index (χ4v) is 4.42. The van der Waals surface area contributed by atoms with Gasteiger partial charge in [0, 0.05) is 29.2 Å². The number of aromatic amines is 2. The Kier molecular flexibility index (Phi) is 4.75. The van der Waals surface area contributed by atoms with Gasteiger partial charge in [0.1, 0.15) is 17.1 Å². The Labute approximate surface area is 182 Å². The van der Waals surface area contributed by atoms with Gasteiger partial charge in [0.05, 0.1) is 25.9 Å². The van der Waals surface area contributed by atoms with E-state index in [2.05, 4.69) is 15.3 Å². The van der Waals surface area contributed by atoms with Gasteiger partial charge in [-0.2, -0.15) is 0 Å². The smallest absolute Gasteiger partial charge is 0.335 e. The molecule has 164 valence electrons. The van der Waals surface area contributed by atoms with Crippen LogP contribution in [0.1, 0.15) is 22.9 Å². The topological polar surface area (TPSA) is 121 Å². The fourth-order valence-electron chi connectivity index (χ4n) is 4.42. The summed E-state index contributed by atoms with van der Waals surface area (Å²) in [5.74, 6) is 0.340. The summed E-state index contributed by atoms with van der Waals surface area (Å²) in [6, 6.07) is 12.1. The Bertz CT molecular complexity index is 1450. The summed E-state index contributed by atoms with van der Waals surface area (Å²) in [7, 11) is 2.95. The van der Waals surface area contributed by atoms with Crippen LogP contribution in [0.4, 0.5) is 0 Å². The number of fused-ring (bicyclic) bond motifs is 3. The molecular weight excluding hydrogens is 412 g/mol. The average molecular weight is 434 g/mol. The molecule has 0 fully saturated rings. The van der Waals surface area contributed by atoms with Crippen molar-refractivity contribution in [3.05, 3.63) is 80.1 Å². The molecule has 0 unspecified atom stereocenters. The monoisotopic (exact) mass is 434 g/mol. The second-order valence-electron chi connectivity index (χ2n) is 7.57. The fraction of sp³-hybridized carbons (Fsp3) is 0.217. The third kappa shape index (κ3) is 2.97. The second-order valence-corrected chi connectivity index (χ2v) is 7.57. The van der Waals surface area contributed by atoms with Crippen LogP contribution < -0.4 is 26.0 Å². The maximum absolute atomic E-state index is 12.9. The Hall–Kier alpha value is -3.98. The Morgan fingerprint density at radius 2 is 1.88 bits per heavy atom. The van der Waals surface area contributed by atoms with Crippen LogP contribution in [-0.4, -0.2) is 40.4 Å². The Balaban J connectivity index is 1.76. The van der Waals surface area contributed by atoms with Crippen LogP contribution in [0.3, 0.4) is 0 Å². The van der Waals surface area contributed by atoms with Crippen molar-refractivity contribution >= 4 is 10.9 Å². The predicted octanol–water partition coefficient (Wildman–Crippen LogP) is 1.96. The van der Waals surface area contributed by atoms with E-state index in [1.165, 1.54) is 14.2 Å². The molecule has 2 aromatic carbocycles. The SMILES string of the molecule is COc1ccc(OC)c(-n2c(O)c([C@H]3NCCc4c3[nH]c3ccccc43)c(=O)[nH]c2=O)c1. The van der Waals surface area contributed by atoms with Crippen LogP contribution in [0.15, 0.2) is 52.1 Å². The molecule has 3 heterocycles. The van der Waals surface area contributed by atoms with Gasteiger partial charge in [-0.3, -0.25) is 9.78 Å². The quantitative estimate of drug-likeness (QED) is 0.390. The summed E-state index contributed by atoms with van der Waals surface area (Å²) >= 11 is 0. The van der Waals surface area contributed by atoms with E-state index in [1.54, 1.807) is 18.2 Å². The van der Waals surface area contributed by atoms with Crippen LogP contribution in [0.2, 0.25) is 0 Å². The highest BCUT2D eigenvalue weighted by atomic mass is 16.5. The molecule has 0 bridgehead atoms. The van der Waals surface area contributed by atoms with Gasteiger partial charge >= 0.3 is 5.69 Å². The number of nitrogens with zero attached hydrogens (tertiary/aromatic N) is 1. The highest BCUT2D eigenvalue weighted by molar-refractivity contribution is 5.85. The van der Waals surface area contributed by atoms with E-state index in [9.17, 15) is 14.7 Å². The summed E-state index contributed by atoms with van der Waals surface area (Å²) in [6.07, 6.45) is 0.776. The molecule has 9 heteroatoms. The van der Waals surface area contributed by atoms with Crippen LogP contribution in [0.5, 0.6) is 17.4 Å². The Morgan fingerprint density at radius 3 is 2.66 bits per heavy atom. The first-order valence-corrected chi connectivity index (χ1v) is 10.2. The first kappa shape index (κ1) is 20.0. The Morgan fingerprint density at radius 1 is 1.06 bits per heavy atom. The number of methoxy groups -OCH3 is 2. The largest absolute Gasteiger partial charge is 0.497 e. The lowest BCUT2D eigenvalue weighted by atomic mass is 9.95. The molecule has 0 amide bonds. The van der Waals surface area contributed by atoms with E-state index in [-0.39, 0.29) is 11.3 Å². The van der Waals surface area contributed by atoms with Gasteiger partial charge in [-0.1, -0.05) is 18.2 Å². The molecule has 0 radical (unpaired) electrons. The molecule has 1 aliphatic heterocycles. The summed E-state index contributed by atoms with van der Waals surface area (Å²) in [5, 5.41) is 15.6. The predicted molar refractivity (Wildman–Crippen MR) is 119 cm³/mol. The minimum atomic E-state index is -0.782. The van der Waals surface area contributed by atoms with Crippen LogP contribution in [0.25, 0.3) is 16.6 Å². The van der Waals surface area contributed by atoms with E-state index in [0.717, 1.165) is 33.1 Å². The lowest BCUT2D eigenvalue weighted by Crippen LogP contribution is -2.38. The van der Waals surface area contributed by atoms with Crippen molar-refractivity contribution in [3.63, 3.8) is 0 Å². The van der Waals surface area contributed by atoms with Crippen LogP contribution in [0, 0.1) is 0 Å². The maximum atomic E-state index is 12.9. The highest BCUT2D eigenvalue weighted by Crippen LogP contribution is 2.36. The zero-order valence-electron chi connectivity index (χ0n) is 17.6. The average Bonchev–Trinajstić information content (AvgIpc) is 3.18. The molecule has 32 heavy (non-hydrogen) atoms. The molecule has 1 aliphatic rings. The van der Waals surface area contributed by atoms with Crippen molar-refractivity contribution in [2.75, 3.05) is 20.8 Å². The zero-order valence-corrected chi connectivity index (χ0v) is 17.6. The van der Waals surface area contributed by atoms with Gasteiger partial charge in [0.15, 0.2) is 0 Å². The number of hydrogen-bond donors (Lipinski definition) is 4. The molecule has 4 N–H and O–H groups in total. The van der Waals surface area contributed by atoms with Crippen LogP contribution in [-0.2, 0) is 6.42 Å². The van der Waals surface area contributed by atoms with E-state index in [4.69, 9.17) is 9.47 Å². The van der Waals surface area contributed by atoms with Crippen molar-refractivity contribution in [2.45, 2.75) is 12.5 Å². The first-order valence-electron chi connectivity index (χ1n) is 10.2. The number of aromatic hydroxyl groups is 1. The highest BCUT2D eigenvalue weighted by Gasteiger charge is 2.31. The number of ether oxygens (including phenoxy) is 2. The van der Waals surface area contributed by atoms with Gasteiger partial charge in [0.25, 0.3) is 5.56 Å². The minimum Gasteiger partial charge on any atom is -0.497 e. The van der Waals surface area contributed by atoms with Crippen molar-refractivity contribution in [1.29, 1.82) is 0 Å². The molecule has 9 nitrogen and oxygen atoms in total. The number of hydrogen-bond acceptors (Lipinski definition) is 6. The molecular formula is C23H22N4O5. The molecule has 0 saturated heterocycles. The molecule has 4 aromatic rings. The minimum absolute atomic E-state index is 0.0435. The standard InChI is InChI=1S/C23H22N4O5/c1-31-12-7-8-17(32-2)16(11-12)27-22(29)18(21(28)26-23(27)30)20-19-14(9-10-24-20)13-5-3-4-6-15(13)25-19/h3-8,11,20,24-25,29H,9-10H2,1-2H3,(H,26,28,30)/t20-/m1/s1. The number of para-hydroxylation sites is 1. The van der Waals surface area contributed by atoms with Crippen molar-refractivity contribution in [3.8, 4) is 23.1 Å². The number of H-pyrrole nitrogens is 2. The molecule has 0 saturated carbocycles. The van der Waals surface area contributed by atoms with E-state index >= 15 is 0 Å². The summed E-state index contributed by atoms with van der Waals surface area (Å²) < 4.78 is 11.7. The lowest BCUT2D eigenvalue weighted by Gasteiger charge is -2.25. The normalized spacial score (nSPS) is 15.5. The summed E-state index contributed by atoms with van der Waals surface area (Å²) in [4.78, 5) is 31.4. The van der Waals surface area contributed by atoms with Gasteiger partial charge in [-0.05, 0) is 30.2 Å². The van der Waals surface area contributed by atoms with E-state index in [1.807, 2.05) is 24.3 Å². The number of rotatable bonds is 4. The number of nitrogens with one attached hydrogen (secondary N) is 3. The van der Waals surface area contributed by atoms with Crippen LogP contribution >= 0.6 is 0 Å². The van der Waals surface area contributed by atoms with Gasteiger partial charge < -0.3 is 24.9 Å². The van der Waals surface area contributed by atoms with E-state index in [0.29, 0.717) is 18.0 Å². The third-order valence-corrected chi connectivity index (χ3v) is 5.90. The summed E-state index contributed by atoms with van der Waals surface area (Å²) in [6.45, 7) is 0.611. The lowest BCUT2D eigenvalue weighted by molar-refractivity contribution is 0.388. The molecule has 0 aliphatic carbocycles. The third-order valence-electron chi connectivity index (χ3n) is 5.90. The van der Waals surface area contributed by atoms with Crippen molar-refractivity contribution < 1.29 is 14.6 Å². The van der Waals surface area contributed by atoms with Gasteiger partial charge in [-0.15, -0.1) is 0 Å². The van der Waals surface area contributed by atoms with E-state index < -0.39 is 23.2 Å². The summed E-state index contributed by atoms with van der Waals surface area (Å²) in [5.41, 5.74) is 1.68. The molecule has 0 spiro atoms. The van der Waals surface area contributed by atoms with Gasteiger partial charge in [-0.25, -0.2) is 9.36 Å². The first-order chi connectivity index (χ1) is 15.5. The van der Waals surface area contributed by atoms with Gasteiger partial charge in [0.2, 0.25) is 5.88 Å². The molecule has 1 atom stereocenters. The zero-order chi connectivity index (χ0) is 22.4. The molecule has 2 aromatic heterocycles. The number of benzene rings is 2. The van der Waals surface area contributed by atoms with Crippen molar-refractivity contribution in [1.82, 2.24) is 19.9 Å².